The quantitative estimate of drug-likeness (QED) is 0.909. The fraction of sp³-hybridized carbons (Fsp3) is 0.333. The summed E-state index contributed by atoms with van der Waals surface area (Å²) < 4.78 is 32.3. The molecule has 0 aromatic heterocycles. The van der Waals surface area contributed by atoms with Gasteiger partial charge in [0.15, 0.2) is 11.6 Å². The van der Waals surface area contributed by atoms with Crippen molar-refractivity contribution in [1.29, 1.82) is 0 Å². The number of methoxy groups -OCH3 is 1. The number of hydrogen-bond acceptors (Lipinski definition) is 3. The van der Waals surface area contributed by atoms with Gasteiger partial charge in [-0.05, 0) is 35.4 Å². The van der Waals surface area contributed by atoms with E-state index in [1.165, 1.54) is 19.2 Å². The SMILES string of the molecule is COc1ccc(CN2CCNCC2c2cccc(F)c2)cc1F.Cl. The molecule has 0 aliphatic carbocycles. The maximum absolute atomic E-state index is 13.9. The van der Waals surface area contributed by atoms with Gasteiger partial charge >= 0.3 is 0 Å². The topological polar surface area (TPSA) is 24.5 Å². The van der Waals surface area contributed by atoms with Crippen molar-refractivity contribution in [2.75, 3.05) is 26.7 Å². The fourth-order valence-corrected chi connectivity index (χ4v) is 3.02. The van der Waals surface area contributed by atoms with Crippen LogP contribution in [0, 0.1) is 11.6 Å². The summed E-state index contributed by atoms with van der Waals surface area (Å²) in [5.41, 5.74) is 1.82. The first-order chi connectivity index (χ1) is 11.2. The van der Waals surface area contributed by atoms with Crippen LogP contribution in [0.2, 0.25) is 0 Å². The van der Waals surface area contributed by atoms with Crippen molar-refractivity contribution in [1.82, 2.24) is 10.2 Å². The Balaban J connectivity index is 0.00000208. The normalized spacial score (nSPS) is 18.0. The minimum Gasteiger partial charge on any atom is -0.494 e. The zero-order chi connectivity index (χ0) is 16.2. The van der Waals surface area contributed by atoms with Crippen LogP contribution in [-0.2, 0) is 6.54 Å². The van der Waals surface area contributed by atoms with Crippen LogP contribution in [-0.4, -0.2) is 31.6 Å². The lowest BCUT2D eigenvalue weighted by Crippen LogP contribution is -2.45. The number of rotatable bonds is 4. The van der Waals surface area contributed by atoms with Crippen molar-refractivity contribution in [3.05, 3.63) is 65.2 Å². The van der Waals surface area contributed by atoms with Crippen molar-refractivity contribution in [2.45, 2.75) is 12.6 Å². The van der Waals surface area contributed by atoms with Gasteiger partial charge in [-0.3, -0.25) is 4.90 Å². The smallest absolute Gasteiger partial charge is 0.165 e. The van der Waals surface area contributed by atoms with Crippen LogP contribution >= 0.6 is 12.4 Å². The number of ether oxygens (including phenoxy) is 1. The average molecular weight is 355 g/mol. The molecule has 1 unspecified atom stereocenters. The highest BCUT2D eigenvalue weighted by Gasteiger charge is 2.24. The fourth-order valence-electron chi connectivity index (χ4n) is 3.02. The molecule has 6 heteroatoms. The molecule has 3 nitrogen and oxygen atoms in total. The summed E-state index contributed by atoms with van der Waals surface area (Å²) >= 11 is 0. The first-order valence-electron chi connectivity index (χ1n) is 7.70. The lowest BCUT2D eigenvalue weighted by molar-refractivity contribution is 0.153. The molecule has 1 atom stereocenters. The molecule has 130 valence electrons. The Labute approximate surface area is 147 Å². The summed E-state index contributed by atoms with van der Waals surface area (Å²) in [7, 11) is 1.45. The molecular weight excluding hydrogens is 334 g/mol. The predicted octanol–water partition coefficient (Wildman–Crippen LogP) is 3.54. The lowest BCUT2D eigenvalue weighted by Gasteiger charge is -2.36. The van der Waals surface area contributed by atoms with Gasteiger partial charge in [0.05, 0.1) is 7.11 Å². The monoisotopic (exact) mass is 354 g/mol. The van der Waals surface area contributed by atoms with E-state index >= 15 is 0 Å². The standard InChI is InChI=1S/C18H20F2N2O.ClH/c1-23-18-6-5-13(9-16(18)20)12-22-8-7-21-11-17(22)14-3-2-4-15(19)10-14;/h2-6,9-10,17,21H,7-8,11-12H2,1H3;1H. The van der Waals surface area contributed by atoms with E-state index in [0.717, 1.165) is 30.8 Å². The van der Waals surface area contributed by atoms with E-state index in [0.29, 0.717) is 6.54 Å². The second kappa shape index (κ2) is 8.42. The Morgan fingerprint density at radius 3 is 2.75 bits per heavy atom. The Bertz CT molecular complexity index is 684. The molecule has 0 bridgehead atoms. The Kier molecular flexibility index (Phi) is 6.54. The van der Waals surface area contributed by atoms with E-state index in [9.17, 15) is 8.78 Å². The first kappa shape index (κ1) is 18.6. The van der Waals surface area contributed by atoms with Crippen molar-refractivity contribution in [3.63, 3.8) is 0 Å². The van der Waals surface area contributed by atoms with Crippen molar-refractivity contribution in [3.8, 4) is 5.75 Å². The van der Waals surface area contributed by atoms with Crippen molar-refractivity contribution in [2.24, 2.45) is 0 Å². The largest absolute Gasteiger partial charge is 0.494 e. The van der Waals surface area contributed by atoms with Crippen LogP contribution < -0.4 is 10.1 Å². The molecule has 1 aliphatic heterocycles. The summed E-state index contributed by atoms with van der Waals surface area (Å²) in [6.07, 6.45) is 0. The average Bonchev–Trinajstić information content (AvgIpc) is 2.55. The van der Waals surface area contributed by atoms with Crippen LogP contribution in [0.4, 0.5) is 8.78 Å². The molecule has 1 fully saturated rings. The molecule has 0 spiro atoms. The van der Waals surface area contributed by atoms with Gasteiger partial charge in [0.1, 0.15) is 5.82 Å². The van der Waals surface area contributed by atoms with E-state index in [-0.39, 0.29) is 35.8 Å². The van der Waals surface area contributed by atoms with Gasteiger partial charge in [0.25, 0.3) is 0 Å². The highest BCUT2D eigenvalue weighted by atomic mass is 35.5. The van der Waals surface area contributed by atoms with Gasteiger partial charge in [0.2, 0.25) is 0 Å². The van der Waals surface area contributed by atoms with E-state index in [4.69, 9.17) is 4.74 Å². The van der Waals surface area contributed by atoms with Gasteiger partial charge < -0.3 is 10.1 Å². The van der Waals surface area contributed by atoms with Crippen LogP contribution in [0.5, 0.6) is 5.75 Å². The van der Waals surface area contributed by atoms with Crippen LogP contribution in [0.1, 0.15) is 17.2 Å². The summed E-state index contributed by atoms with van der Waals surface area (Å²) in [5.74, 6) is -0.346. The second-order valence-corrected chi connectivity index (χ2v) is 5.71. The Morgan fingerprint density at radius 2 is 2.04 bits per heavy atom. The highest BCUT2D eigenvalue weighted by molar-refractivity contribution is 5.85. The van der Waals surface area contributed by atoms with Gasteiger partial charge in [-0.15, -0.1) is 12.4 Å². The molecule has 1 saturated heterocycles. The highest BCUT2D eigenvalue weighted by Crippen LogP contribution is 2.26. The van der Waals surface area contributed by atoms with Crippen molar-refractivity contribution >= 4 is 12.4 Å². The maximum atomic E-state index is 13.9. The predicted molar refractivity (Wildman–Crippen MR) is 92.6 cm³/mol. The van der Waals surface area contributed by atoms with Crippen molar-refractivity contribution < 1.29 is 13.5 Å². The molecule has 1 heterocycles. The summed E-state index contributed by atoms with van der Waals surface area (Å²) in [6.45, 7) is 3.06. The summed E-state index contributed by atoms with van der Waals surface area (Å²) in [4.78, 5) is 2.24. The third kappa shape index (κ3) is 4.23. The van der Waals surface area contributed by atoms with Gasteiger partial charge in [-0.2, -0.15) is 0 Å². The number of nitrogens with zero attached hydrogens (tertiary/aromatic N) is 1. The Hall–Kier alpha value is -1.69. The molecule has 24 heavy (non-hydrogen) atoms. The van der Waals surface area contributed by atoms with Crippen LogP contribution in [0.3, 0.4) is 0 Å². The molecule has 1 aliphatic rings. The van der Waals surface area contributed by atoms with E-state index in [1.807, 2.05) is 12.1 Å². The van der Waals surface area contributed by atoms with Crippen LogP contribution in [0.25, 0.3) is 0 Å². The maximum Gasteiger partial charge on any atom is 0.165 e. The summed E-state index contributed by atoms with van der Waals surface area (Å²) in [5, 5.41) is 3.34. The van der Waals surface area contributed by atoms with Gasteiger partial charge in [0, 0.05) is 32.2 Å². The zero-order valence-corrected chi connectivity index (χ0v) is 14.3. The zero-order valence-electron chi connectivity index (χ0n) is 13.5. The molecule has 2 aromatic carbocycles. The third-order valence-corrected chi connectivity index (χ3v) is 4.19. The molecule has 1 N–H and O–H groups in total. The number of hydrogen-bond donors (Lipinski definition) is 1. The third-order valence-electron chi connectivity index (χ3n) is 4.19. The molecular formula is C18H21ClF2N2O. The Morgan fingerprint density at radius 1 is 1.21 bits per heavy atom. The minimum absolute atomic E-state index is 0. The van der Waals surface area contributed by atoms with E-state index in [1.54, 1.807) is 18.2 Å². The lowest BCUT2D eigenvalue weighted by atomic mass is 10.0. The number of benzene rings is 2. The number of nitrogens with one attached hydrogen (secondary N) is 1. The molecule has 0 saturated carbocycles. The first-order valence-corrected chi connectivity index (χ1v) is 7.70. The molecule has 2 aromatic rings. The molecule has 3 rings (SSSR count). The molecule has 0 radical (unpaired) electrons. The van der Waals surface area contributed by atoms with Crippen LogP contribution in [0.15, 0.2) is 42.5 Å². The minimum atomic E-state index is -0.359. The second-order valence-electron chi connectivity index (χ2n) is 5.71. The number of halogens is 3. The summed E-state index contributed by atoms with van der Waals surface area (Å²) in [6, 6.07) is 11.8. The van der Waals surface area contributed by atoms with E-state index in [2.05, 4.69) is 10.2 Å². The van der Waals surface area contributed by atoms with E-state index < -0.39 is 0 Å². The molecule has 0 amide bonds. The van der Waals surface area contributed by atoms with Gasteiger partial charge in [-0.25, -0.2) is 8.78 Å². The van der Waals surface area contributed by atoms with Gasteiger partial charge in [-0.1, -0.05) is 18.2 Å². The number of piperazine rings is 1.